The molecule has 0 fully saturated rings. The zero-order valence-corrected chi connectivity index (χ0v) is 13.8. The van der Waals surface area contributed by atoms with Crippen LogP contribution >= 0.6 is 0 Å². The first-order chi connectivity index (χ1) is 11.6. The lowest BCUT2D eigenvalue weighted by Crippen LogP contribution is -2.15. The second-order valence-corrected chi connectivity index (χ2v) is 4.98. The fraction of sp³-hybridized carbons (Fsp3) is 0.222. The molecule has 0 saturated heterocycles. The van der Waals surface area contributed by atoms with Gasteiger partial charge in [0.1, 0.15) is 11.5 Å². The molecule has 6 heteroatoms. The SMILES string of the molecule is COC(=O)c1cccc(NC(=O)Cc2ccc(OC)cc2OC)c1. The molecule has 24 heavy (non-hydrogen) atoms. The fourth-order valence-corrected chi connectivity index (χ4v) is 2.22. The number of carbonyl (C=O) groups excluding carboxylic acids is 2. The van der Waals surface area contributed by atoms with Crippen molar-refractivity contribution >= 4 is 17.6 Å². The van der Waals surface area contributed by atoms with Gasteiger partial charge in [-0.1, -0.05) is 12.1 Å². The number of anilines is 1. The van der Waals surface area contributed by atoms with Gasteiger partial charge in [0.15, 0.2) is 0 Å². The van der Waals surface area contributed by atoms with E-state index in [0.717, 1.165) is 5.56 Å². The van der Waals surface area contributed by atoms with Crippen LogP contribution in [0.15, 0.2) is 42.5 Å². The van der Waals surface area contributed by atoms with E-state index in [4.69, 9.17) is 9.47 Å². The predicted octanol–water partition coefficient (Wildman–Crippen LogP) is 2.67. The molecule has 0 unspecified atom stereocenters. The molecule has 2 aromatic rings. The van der Waals surface area contributed by atoms with Gasteiger partial charge < -0.3 is 19.5 Å². The Bertz CT molecular complexity index is 742. The van der Waals surface area contributed by atoms with Crippen LogP contribution in [0, 0.1) is 0 Å². The fourth-order valence-electron chi connectivity index (χ4n) is 2.22. The number of nitrogens with one attached hydrogen (secondary N) is 1. The molecular formula is C18H19NO5. The monoisotopic (exact) mass is 329 g/mol. The minimum atomic E-state index is -0.456. The number of ether oxygens (including phenoxy) is 3. The van der Waals surface area contributed by atoms with Gasteiger partial charge in [-0.2, -0.15) is 0 Å². The summed E-state index contributed by atoms with van der Waals surface area (Å²) in [6.07, 6.45) is 0.135. The lowest BCUT2D eigenvalue weighted by Gasteiger charge is -2.11. The van der Waals surface area contributed by atoms with Crippen LogP contribution in [-0.2, 0) is 16.0 Å². The Morgan fingerprint density at radius 2 is 1.79 bits per heavy atom. The van der Waals surface area contributed by atoms with Crippen LogP contribution in [0.5, 0.6) is 11.5 Å². The van der Waals surface area contributed by atoms with E-state index < -0.39 is 5.97 Å². The highest BCUT2D eigenvalue weighted by Gasteiger charge is 2.12. The van der Waals surface area contributed by atoms with Gasteiger partial charge >= 0.3 is 5.97 Å². The highest BCUT2D eigenvalue weighted by atomic mass is 16.5. The van der Waals surface area contributed by atoms with E-state index in [1.54, 1.807) is 49.6 Å². The Morgan fingerprint density at radius 3 is 2.46 bits per heavy atom. The maximum absolute atomic E-state index is 12.2. The number of carbonyl (C=O) groups is 2. The zero-order valence-electron chi connectivity index (χ0n) is 13.8. The smallest absolute Gasteiger partial charge is 0.337 e. The summed E-state index contributed by atoms with van der Waals surface area (Å²) in [5.74, 6) is 0.554. The summed E-state index contributed by atoms with van der Waals surface area (Å²) in [5.41, 5.74) is 1.63. The number of hydrogen-bond acceptors (Lipinski definition) is 5. The van der Waals surface area contributed by atoms with Crippen molar-refractivity contribution in [2.75, 3.05) is 26.6 Å². The molecule has 0 atom stereocenters. The van der Waals surface area contributed by atoms with Crippen LogP contribution in [0.25, 0.3) is 0 Å². The molecule has 1 amide bonds. The molecule has 1 N–H and O–H groups in total. The molecule has 126 valence electrons. The van der Waals surface area contributed by atoms with Gasteiger partial charge in [0.2, 0.25) is 5.91 Å². The molecule has 0 aliphatic carbocycles. The van der Waals surface area contributed by atoms with E-state index in [1.165, 1.54) is 14.2 Å². The molecular weight excluding hydrogens is 310 g/mol. The molecule has 2 rings (SSSR count). The van der Waals surface area contributed by atoms with Crippen molar-refractivity contribution in [3.63, 3.8) is 0 Å². The summed E-state index contributed by atoms with van der Waals surface area (Å²) in [5, 5.41) is 2.76. The maximum atomic E-state index is 12.2. The Balaban J connectivity index is 2.10. The van der Waals surface area contributed by atoms with Gasteiger partial charge in [-0.05, 0) is 24.3 Å². The van der Waals surface area contributed by atoms with Gasteiger partial charge in [-0.15, -0.1) is 0 Å². The summed E-state index contributed by atoms with van der Waals surface area (Å²) < 4.78 is 15.1. The van der Waals surface area contributed by atoms with Crippen molar-refractivity contribution in [3.05, 3.63) is 53.6 Å². The van der Waals surface area contributed by atoms with Crippen LogP contribution < -0.4 is 14.8 Å². The average Bonchev–Trinajstić information content (AvgIpc) is 2.61. The first kappa shape index (κ1) is 17.3. The van der Waals surface area contributed by atoms with E-state index in [0.29, 0.717) is 22.7 Å². The first-order valence-electron chi connectivity index (χ1n) is 7.26. The van der Waals surface area contributed by atoms with E-state index >= 15 is 0 Å². The van der Waals surface area contributed by atoms with Crippen LogP contribution in [0.4, 0.5) is 5.69 Å². The molecule has 2 aromatic carbocycles. The lowest BCUT2D eigenvalue weighted by molar-refractivity contribution is -0.115. The Hall–Kier alpha value is -3.02. The van der Waals surface area contributed by atoms with Crippen LogP contribution in [0.2, 0.25) is 0 Å². The Morgan fingerprint density at radius 1 is 1.00 bits per heavy atom. The zero-order chi connectivity index (χ0) is 17.5. The largest absolute Gasteiger partial charge is 0.497 e. The van der Waals surface area contributed by atoms with Crippen molar-refractivity contribution in [2.45, 2.75) is 6.42 Å². The topological polar surface area (TPSA) is 73.9 Å². The molecule has 0 bridgehead atoms. The second-order valence-electron chi connectivity index (χ2n) is 4.98. The number of rotatable bonds is 6. The van der Waals surface area contributed by atoms with E-state index in [-0.39, 0.29) is 12.3 Å². The Kier molecular flexibility index (Phi) is 5.78. The highest BCUT2D eigenvalue weighted by Crippen LogP contribution is 2.25. The summed E-state index contributed by atoms with van der Waals surface area (Å²) in [6, 6.07) is 11.8. The van der Waals surface area contributed by atoms with Crippen LogP contribution in [0.1, 0.15) is 15.9 Å². The molecule has 0 radical (unpaired) electrons. The third kappa shape index (κ3) is 4.25. The minimum Gasteiger partial charge on any atom is -0.497 e. The average molecular weight is 329 g/mol. The molecule has 0 heterocycles. The van der Waals surface area contributed by atoms with E-state index in [9.17, 15) is 9.59 Å². The predicted molar refractivity (Wildman–Crippen MR) is 89.7 cm³/mol. The van der Waals surface area contributed by atoms with Gasteiger partial charge in [0, 0.05) is 17.3 Å². The number of methoxy groups -OCH3 is 3. The minimum absolute atomic E-state index is 0.135. The second kappa shape index (κ2) is 8.01. The van der Waals surface area contributed by atoms with Crippen molar-refractivity contribution in [1.82, 2.24) is 0 Å². The van der Waals surface area contributed by atoms with Crippen LogP contribution in [0.3, 0.4) is 0 Å². The van der Waals surface area contributed by atoms with Crippen LogP contribution in [-0.4, -0.2) is 33.2 Å². The van der Waals surface area contributed by atoms with E-state index in [1.807, 2.05) is 0 Å². The summed E-state index contributed by atoms with van der Waals surface area (Å²) in [6.45, 7) is 0. The molecule has 6 nitrogen and oxygen atoms in total. The molecule has 0 saturated carbocycles. The van der Waals surface area contributed by atoms with Crippen molar-refractivity contribution in [3.8, 4) is 11.5 Å². The third-order valence-electron chi connectivity index (χ3n) is 3.41. The summed E-state index contributed by atoms with van der Waals surface area (Å²) in [7, 11) is 4.41. The summed E-state index contributed by atoms with van der Waals surface area (Å²) >= 11 is 0. The number of hydrogen-bond donors (Lipinski definition) is 1. The molecule has 0 spiro atoms. The van der Waals surface area contributed by atoms with Crippen molar-refractivity contribution in [1.29, 1.82) is 0 Å². The number of amides is 1. The first-order valence-corrected chi connectivity index (χ1v) is 7.26. The lowest BCUT2D eigenvalue weighted by atomic mass is 10.1. The maximum Gasteiger partial charge on any atom is 0.337 e. The number of esters is 1. The Labute approximate surface area is 140 Å². The van der Waals surface area contributed by atoms with Gasteiger partial charge in [-0.25, -0.2) is 4.79 Å². The molecule has 0 aliphatic heterocycles. The van der Waals surface area contributed by atoms with Gasteiger partial charge in [0.25, 0.3) is 0 Å². The van der Waals surface area contributed by atoms with Gasteiger partial charge in [-0.3, -0.25) is 4.79 Å². The number of benzene rings is 2. The van der Waals surface area contributed by atoms with Crippen molar-refractivity contribution < 1.29 is 23.8 Å². The third-order valence-corrected chi connectivity index (χ3v) is 3.41. The normalized spacial score (nSPS) is 9.96. The quantitative estimate of drug-likeness (QED) is 0.825. The van der Waals surface area contributed by atoms with Gasteiger partial charge in [0.05, 0.1) is 33.3 Å². The van der Waals surface area contributed by atoms with Crippen molar-refractivity contribution in [2.24, 2.45) is 0 Å². The molecule has 0 aliphatic rings. The summed E-state index contributed by atoms with van der Waals surface area (Å²) in [4.78, 5) is 23.8. The standard InChI is InChI=1S/C18H19NO5/c1-22-15-8-7-12(16(11-15)23-2)10-17(20)19-14-6-4-5-13(9-14)18(21)24-3/h4-9,11H,10H2,1-3H3,(H,19,20). The molecule has 0 aromatic heterocycles. The highest BCUT2D eigenvalue weighted by molar-refractivity contribution is 5.95. The van der Waals surface area contributed by atoms with E-state index in [2.05, 4.69) is 10.1 Å².